The van der Waals surface area contributed by atoms with Gasteiger partial charge in [0.15, 0.2) is 6.10 Å². The first-order valence-electron chi connectivity index (χ1n) is 8.51. The normalized spacial score (nSPS) is 12.1. The Morgan fingerprint density at radius 3 is 2.39 bits per heavy atom. The third-order valence-electron chi connectivity index (χ3n) is 3.84. The average molecular weight is 408 g/mol. The fourth-order valence-corrected chi connectivity index (χ4v) is 3.40. The highest BCUT2D eigenvalue weighted by molar-refractivity contribution is 7.92. The van der Waals surface area contributed by atoms with E-state index >= 15 is 0 Å². The summed E-state index contributed by atoms with van der Waals surface area (Å²) in [5, 5.41) is 2.53. The zero-order valence-electron chi connectivity index (χ0n) is 15.7. The van der Waals surface area contributed by atoms with E-state index in [1.165, 1.54) is 37.3 Å². The number of hydrogen-bond donors (Lipinski definition) is 2. The van der Waals surface area contributed by atoms with Gasteiger partial charge in [0, 0.05) is 12.2 Å². The van der Waals surface area contributed by atoms with Crippen molar-refractivity contribution in [3.05, 3.63) is 59.4 Å². The number of benzene rings is 2. The molecule has 0 bridgehead atoms. The fourth-order valence-electron chi connectivity index (χ4n) is 2.32. The van der Waals surface area contributed by atoms with Gasteiger partial charge in [0.25, 0.3) is 15.9 Å². The number of ether oxygens (including phenoxy) is 1. The number of likely N-dealkylation sites (N-methyl/N-ethyl adjacent to an activating group) is 1. The lowest BCUT2D eigenvalue weighted by atomic mass is 10.1. The number of carbonyl (C=O) groups excluding carboxylic acids is 2. The third kappa shape index (κ3) is 5.29. The first-order chi connectivity index (χ1) is 13.1. The third-order valence-corrected chi connectivity index (χ3v) is 5.22. The molecule has 1 amide bonds. The van der Waals surface area contributed by atoms with Gasteiger partial charge in [-0.2, -0.15) is 0 Å². The van der Waals surface area contributed by atoms with Crippen molar-refractivity contribution >= 4 is 27.6 Å². The Bertz CT molecular complexity index is 974. The molecule has 0 unspecified atom stereocenters. The average Bonchev–Trinajstić information content (AvgIpc) is 2.63. The van der Waals surface area contributed by atoms with Crippen LogP contribution in [0.1, 0.15) is 29.8 Å². The summed E-state index contributed by atoms with van der Waals surface area (Å²) in [6.07, 6.45) is -1.02. The minimum atomic E-state index is -4.01. The predicted molar refractivity (Wildman–Crippen MR) is 102 cm³/mol. The van der Waals surface area contributed by atoms with Crippen LogP contribution in [0, 0.1) is 12.7 Å². The molecule has 28 heavy (non-hydrogen) atoms. The molecule has 7 nitrogen and oxygen atoms in total. The fraction of sp³-hybridized carbons (Fsp3) is 0.263. The number of anilines is 1. The predicted octanol–water partition coefficient (Wildman–Crippen LogP) is 2.62. The van der Waals surface area contributed by atoms with Gasteiger partial charge in [-0.3, -0.25) is 9.52 Å². The number of nitrogens with one attached hydrogen (secondary N) is 2. The summed E-state index contributed by atoms with van der Waals surface area (Å²) in [4.78, 5) is 24.0. The Balaban J connectivity index is 2.25. The minimum Gasteiger partial charge on any atom is -0.449 e. The molecule has 150 valence electrons. The van der Waals surface area contributed by atoms with Gasteiger partial charge >= 0.3 is 5.97 Å². The van der Waals surface area contributed by atoms with E-state index in [4.69, 9.17) is 4.74 Å². The first kappa shape index (κ1) is 21.4. The largest absolute Gasteiger partial charge is 0.449 e. The molecular weight excluding hydrogens is 387 g/mol. The van der Waals surface area contributed by atoms with Gasteiger partial charge in [0.05, 0.1) is 10.5 Å². The quantitative estimate of drug-likeness (QED) is 0.686. The molecule has 0 heterocycles. The van der Waals surface area contributed by atoms with Crippen molar-refractivity contribution in [3.8, 4) is 0 Å². The Morgan fingerprint density at radius 1 is 1.14 bits per heavy atom. The van der Waals surface area contributed by atoms with Crippen LogP contribution in [0.5, 0.6) is 0 Å². The maximum Gasteiger partial charge on any atom is 0.339 e. The van der Waals surface area contributed by atoms with E-state index in [2.05, 4.69) is 10.0 Å². The summed E-state index contributed by atoms with van der Waals surface area (Å²) in [7, 11) is -4.01. The zero-order valence-corrected chi connectivity index (χ0v) is 16.5. The molecule has 0 radical (unpaired) electrons. The van der Waals surface area contributed by atoms with E-state index in [1.54, 1.807) is 13.8 Å². The van der Waals surface area contributed by atoms with Crippen LogP contribution >= 0.6 is 0 Å². The maximum absolute atomic E-state index is 13.0. The molecule has 9 heteroatoms. The summed E-state index contributed by atoms with van der Waals surface area (Å²) in [5.41, 5.74) is 0.697. The van der Waals surface area contributed by atoms with Crippen molar-refractivity contribution in [2.75, 3.05) is 11.3 Å². The molecule has 1 atom stereocenters. The van der Waals surface area contributed by atoms with Gasteiger partial charge in [0.2, 0.25) is 0 Å². The lowest BCUT2D eigenvalue weighted by Gasteiger charge is -2.15. The Hall–Kier alpha value is -2.94. The highest BCUT2D eigenvalue weighted by atomic mass is 32.2. The second-order valence-corrected chi connectivity index (χ2v) is 7.71. The molecule has 2 aromatic rings. The van der Waals surface area contributed by atoms with Gasteiger partial charge in [-0.05, 0) is 62.7 Å². The molecule has 0 saturated heterocycles. The first-order valence-corrected chi connectivity index (χ1v) is 10.00. The lowest BCUT2D eigenvalue weighted by molar-refractivity contribution is -0.128. The van der Waals surface area contributed by atoms with E-state index in [0.29, 0.717) is 12.1 Å². The summed E-state index contributed by atoms with van der Waals surface area (Å²) in [5.74, 6) is -1.75. The number of carbonyl (C=O) groups is 2. The molecule has 0 aliphatic carbocycles. The number of hydrogen-bond acceptors (Lipinski definition) is 5. The highest BCUT2D eigenvalue weighted by Gasteiger charge is 2.22. The van der Waals surface area contributed by atoms with Crippen LogP contribution in [0.4, 0.5) is 10.1 Å². The lowest BCUT2D eigenvalue weighted by Crippen LogP contribution is -2.35. The SMILES string of the molecule is CCNC(=O)[C@H](C)OC(=O)c1cc(S(=O)(=O)Nc2ccc(F)cc2)ccc1C. The number of esters is 1. The van der Waals surface area contributed by atoms with Gasteiger partial charge in [-0.25, -0.2) is 17.6 Å². The number of halogens is 1. The van der Waals surface area contributed by atoms with Crippen molar-refractivity contribution in [3.63, 3.8) is 0 Å². The summed E-state index contributed by atoms with van der Waals surface area (Å²) in [6.45, 7) is 5.17. The Morgan fingerprint density at radius 2 is 1.79 bits per heavy atom. The zero-order chi connectivity index (χ0) is 20.9. The maximum atomic E-state index is 13.0. The summed E-state index contributed by atoms with van der Waals surface area (Å²) in [6, 6.07) is 8.79. The van der Waals surface area contributed by atoms with Crippen LogP contribution < -0.4 is 10.0 Å². The van der Waals surface area contributed by atoms with Crippen LogP contribution in [0.15, 0.2) is 47.4 Å². The van der Waals surface area contributed by atoms with Crippen molar-refractivity contribution in [1.82, 2.24) is 5.32 Å². The van der Waals surface area contributed by atoms with E-state index in [-0.39, 0.29) is 16.1 Å². The van der Waals surface area contributed by atoms with Crippen LogP contribution in [0.3, 0.4) is 0 Å². The number of aryl methyl sites for hydroxylation is 1. The number of sulfonamides is 1. The van der Waals surface area contributed by atoms with Crippen molar-refractivity contribution in [2.24, 2.45) is 0 Å². The van der Waals surface area contributed by atoms with Crippen molar-refractivity contribution in [1.29, 1.82) is 0 Å². The second-order valence-electron chi connectivity index (χ2n) is 6.03. The van der Waals surface area contributed by atoms with E-state index < -0.39 is 33.8 Å². The van der Waals surface area contributed by atoms with E-state index in [1.807, 2.05) is 0 Å². The van der Waals surface area contributed by atoms with Gasteiger partial charge < -0.3 is 10.1 Å². The molecule has 2 aromatic carbocycles. The molecule has 0 saturated carbocycles. The van der Waals surface area contributed by atoms with Crippen molar-refractivity contribution in [2.45, 2.75) is 31.8 Å². The van der Waals surface area contributed by atoms with E-state index in [9.17, 15) is 22.4 Å². The second kappa shape index (κ2) is 8.83. The van der Waals surface area contributed by atoms with Gasteiger partial charge in [-0.15, -0.1) is 0 Å². The summed E-state index contributed by atoms with van der Waals surface area (Å²) >= 11 is 0. The highest BCUT2D eigenvalue weighted by Crippen LogP contribution is 2.20. The summed E-state index contributed by atoms with van der Waals surface area (Å²) < 4.78 is 45.6. The molecule has 2 rings (SSSR count). The van der Waals surface area contributed by atoms with Crippen LogP contribution in [0.2, 0.25) is 0 Å². The molecule has 0 fully saturated rings. The molecule has 0 aliphatic rings. The Kier molecular flexibility index (Phi) is 6.74. The molecule has 2 N–H and O–H groups in total. The van der Waals surface area contributed by atoms with Crippen LogP contribution in [-0.2, 0) is 19.6 Å². The number of rotatable bonds is 7. The molecule has 0 aliphatic heterocycles. The van der Waals surface area contributed by atoms with Crippen LogP contribution in [-0.4, -0.2) is 32.9 Å². The van der Waals surface area contributed by atoms with Gasteiger partial charge in [-0.1, -0.05) is 6.07 Å². The van der Waals surface area contributed by atoms with Crippen LogP contribution in [0.25, 0.3) is 0 Å². The Labute approximate surface area is 163 Å². The molecule has 0 aromatic heterocycles. The van der Waals surface area contributed by atoms with Gasteiger partial charge in [0.1, 0.15) is 5.82 Å². The molecular formula is C19H21FN2O5S. The van der Waals surface area contributed by atoms with Crippen molar-refractivity contribution < 1.29 is 27.1 Å². The number of amides is 1. The van der Waals surface area contributed by atoms with E-state index in [0.717, 1.165) is 12.1 Å². The molecule has 0 spiro atoms. The smallest absolute Gasteiger partial charge is 0.339 e. The topological polar surface area (TPSA) is 102 Å². The minimum absolute atomic E-state index is 0.0260. The monoisotopic (exact) mass is 408 g/mol. The standard InChI is InChI=1S/C19H21FN2O5S/c1-4-21-18(23)13(3)27-19(24)17-11-16(10-5-12(17)2)28(25,26)22-15-8-6-14(20)7-9-15/h5-11,13,22H,4H2,1-3H3,(H,21,23)/t13-/m0/s1.